The van der Waals surface area contributed by atoms with E-state index in [-0.39, 0.29) is 12.7 Å². The van der Waals surface area contributed by atoms with E-state index < -0.39 is 6.10 Å². The van der Waals surface area contributed by atoms with E-state index in [0.29, 0.717) is 6.61 Å². The molecule has 3 nitrogen and oxygen atoms in total. The van der Waals surface area contributed by atoms with Crippen LogP contribution < -0.4 is 4.74 Å². The van der Waals surface area contributed by atoms with Crippen molar-refractivity contribution in [2.45, 2.75) is 26.1 Å². The van der Waals surface area contributed by atoms with E-state index in [1.165, 1.54) is 0 Å². The van der Waals surface area contributed by atoms with Crippen LogP contribution in [-0.2, 0) is 4.74 Å². The van der Waals surface area contributed by atoms with Crippen molar-refractivity contribution in [1.29, 1.82) is 0 Å². The van der Waals surface area contributed by atoms with Crippen LogP contribution in [0.2, 0.25) is 0 Å². The third-order valence-electron chi connectivity index (χ3n) is 2.24. The van der Waals surface area contributed by atoms with Crippen molar-refractivity contribution < 1.29 is 14.6 Å². The molecule has 2 unspecified atom stereocenters. The van der Waals surface area contributed by atoms with Crippen molar-refractivity contribution in [3.05, 3.63) is 42.5 Å². The van der Waals surface area contributed by atoms with Gasteiger partial charge in [-0.15, -0.1) is 0 Å². The molecular weight excluding hydrogens is 216 g/mol. The molecule has 1 aromatic carbocycles. The second-order valence-corrected chi connectivity index (χ2v) is 4.18. The number of hydrogen-bond donors (Lipinski definition) is 1. The second-order valence-electron chi connectivity index (χ2n) is 4.18. The van der Waals surface area contributed by atoms with Gasteiger partial charge in [-0.3, -0.25) is 0 Å². The second kappa shape index (κ2) is 7.09. The first-order chi connectivity index (χ1) is 8.09. The summed E-state index contributed by atoms with van der Waals surface area (Å²) in [7, 11) is 0. The Labute approximate surface area is 103 Å². The Morgan fingerprint density at radius 1 is 1.35 bits per heavy atom. The van der Waals surface area contributed by atoms with Gasteiger partial charge in [-0.2, -0.15) is 0 Å². The Balaban J connectivity index is 2.31. The van der Waals surface area contributed by atoms with Crippen LogP contribution in [-0.4, -0.2) is 30.5 Å². The van der Waals surface area contributed by atoms with Crippen LogP contribution >= 0.6 is 0 Å². The highest BCUT2D eigenvalue weighted by atomic mass is 16.5. The lowest BCUT2D eigenvalue weighted by atomic mass is 10.2. The summed E-state index contributed by atoms with van der Waals surface area (Å²) in [6, 6.07) is 9.43. The van der Waals surface area contributed by atoms with Crippen LogP contribution in [0.3, 0.4) is 0 Å². The first kappa shape index (κ1) is 13.7. The number of ether oxygens (including phenoxy) is 2. The molecule has 0 radical (unpaired) electrons. The third-order valence-corrected chi connectivity index (χ3v) is 2.24. The van der Waals surface area contributed by atoms with Crippen LogP contribution in [0, 0.1) is 0 Å². The van der Waals surface area contributed by atoms with Gasteiger partial charge in [0.2, 0.25) is 0 Å². The fraction of sp³-hybridized carbons (Fsp3) is 0.429. The average molecular weight is 236 g/mol. The zero-order chi connectivity index (χ0) is 12.7. The fourth-order valence-electron chi connectivity index (χ4n) is 1.28. The Morgan fingerprint density at radius 3 is 2.59 bits per heavy atom. The predicted octanol–water partition coefficient (Wildman–Crippen LogP) is 2.41. The Hall–Kier alpha value is -1.32. The molecule has 0 saturated heterocycles. The average Bonchev–Trinajstić information content (AvgIpc) is 2.29. The summed E-state index contributed by atoms with van der Waals surface area (Å²) in [6.45, 7) is 8.15. The zero-order valence-electron chi connectivity index (χ0n) is 10.4. The molecule has 0 aliphatic carbocycles. The van der Waals surface area contributed by atoms with E-state index in [2.05, 4.69) is 6.58 Å². The highest BCUT2D eigenvalue weighted by molar-refractivity contribution is 5.21. The number of hydrogen-bond acceptors (Lipinski definition) is 3. The van der Waals surface area contributed by atoms with Crippen LogP contribution in [0.5, 0.6) is 5.75 Å². The monoisotopic (exact) mass is 236 g/mol. The van der Waals surface area contributed by atoms with Crippen molar-refractivity contribution in [3.8, 4) is 5.75 Å². The minimum absolute atomic E-state index is 0.251. The first-order valence-corrected chi connectivity index (χ1v) is 5.71. The maximum atomic E-state index is 9.81. The van der Waals surface area contributed by atoms with Crippen molar-refractivity contribution in [2.24, 2.45) is 0 Å². The van der Waals surface area contributed by atoms with Gasteiger partial charge in [0.25, 0.3) is 0 Å². The summed E-state index contributed by atoms with van der Waals surface area (Å²) >= 11 is 0. The summed E-state index contributed by atoms with van der Waals surface area (Å²) in [5.41, 5.74) is 0.939. The topological polar surface area (TPSA) is 38.7 Å². The molecule has 2 atom stereocenters. The van der Waals surface area contributed by atoms with E-state index in [4.69, 9.17) is 9.47 Å². The Morgan fingerprint density at radius 2 is 2.00 bits per heavy atom. The molecule has 0 saturated carbocycles. The number of aliphatic hydroxyl groups is 1. The summed E-state index contributed by atoms with van der Waals surface area (Å²) < 4.78 is 10.9. The summed E-state index contributed by atoms with van der Waals surface area (Å²) in [4.78, 5) is 0. The maximum Gasteiger partial charge on any atom is 0.124 e. The molecule has 1 N–H and O–H groups in total. The molecule has 0 amide bonds. The van der Waals surface area contributed by atoms with Crippen molar-refractivity contribution >= 4 is 0 Å². The molecule has 1 aromatic rings. The van der Waals surface area contributed by atoms with Gasteiger partial charge in [0.05, 0.1) is 13.2 Å². The lowest BCUT2D eigenvalue weighted by Crippen LogP contribution is -2.33. The Bertz CT molecular complexity index is 335. The molecule has 1 rings (SSSR count). The molecule has 0 aliphatic heterocycles. The molecule has 3 heteroatoms. The molecule has 0 bridgehead atoms. The van der Waals surface area contributed by atoms with Crippen LogP contribution in [0.4, 0.5) is 0 Å². The molecule has 0 aromatic heterocycles. The van der Waals surface area contributed by atoms with Gasteiger partial charge in [-0.05, 0) is 26.0 Å². The fourth-order valence-corrected chi connectivity index (χ4v) is 1.28. The number of benzene rings is 1. The van der Waals surface area contributed by atoms with E-state index in [1.807, 2.05) is 44.2 Å². The van der Waals surface area contributed by atoms with Crippen LogP contribution in [0.25, 0.3) is 0 Å². The van der Waals surface area contributed by atoms with Crippen LogP contribution in [0.1, 0.15) is 13.8 Å². The van der Waals surface area contributed by atoms with E-state index in [0.717, 1.165) is 11.3 Å². The summed E-state index contributed by atoms with van der Waals surface area (Å²) in [5, 5.41) is 9.81. The molecule has 0 spiro atoms. The highest BCUT2D eigenvalue weighted by Crippen LogP contribution is 2.12. The standard InChI is InChI=1S/C14H20O3/c1-11(2)9-16-10-14(15)12(3)17-13-7-5-4-6-8-13/h4-8,12,14-15H,1,9-10H2,2-3H3. The smallest absolute Gasteiger partial charge is 0.124 e. The first-order valence-electron chi connectivity index (χ1n) is 5.71. The van der Waals surface area contributed by atoms with E-state index in [1.54, 1.807) is 0 Å². The highest BCUT2D eigenvalue weighted by Gasteiger charge is 2.15. The summed E-state index contributed by atoms with van der Waals surface area (Å²) in [6.07, 6.45) is -0.947. The van der Waals surface area contributed by atoms with E-state index >= 15 is 0 Å². The van der Waals surface area contributed by atoms with Gasteiger partial charge in [0.1, 0.15) is 18.0 Å². The molecule has 0 aliphatic rings. The third kappa shape index (κ3) is 5.52. The van der Waals surface area contributed by atoms with E-state index in [9.17, 15) is 5.11 Å². The quantitative estimate of drug-likeness (QED) is 0.739. The van der Waals surface area contributed by atoms with Gasteiger partial charge in [0, 0.05) is 0 Å². The lowest BCUT2D eigenvalue weighted by Gasteiger charge is -2.20. The van der Waals surface area contributed by atoms with Gasteiger partial charge >= 0.3 is 0 Å². The van der Waals surface area contributed by atoms with Gasteiger partial charge in [-0.1, -0.05) is 30.4 Å². The number of aliphatic hydroxyl groups excluding tert-OH is 1. The molecule has 0 heterocycles. The molecule has 0 fully saturated rings. The maximum absolute atomic E-state index is 9.81. The summed E-state index contributed by atoms with van der Waals surface area (Å²) in [5.74, 6) is 0.749. The van der Waals surface area contributed by atoms with Gasteiger partial charge < -0.3 is 14.6 Å². The lowest BCUT2D eigenvalue weighted by molar-refractivity contribution is -0.0156. The van der Waals surface area contributed by atoms with Crippen molar-refractivity contribution in [1.82, 2.24) is 0 Å². The number of para-hydroxylation sites is 1. The van der Waals surface area contributed by atoms with Gasteiger partial charge in [0.15, 0.2) is 0 Å². The molecular formula is C14H20O3. The molecule has 94 valence electrons. The van der Waals surface area contributed by atoms with Crippen molar-refractivity contribution in [2.75, 3.05) is 13.2 Å². The van der Waals surface area contributed by atoms with Crippen molar-refractivity contribution in [3.63, 3.8) is 0 Å². The SMILES string of the molecule is C=C(C)COCC(O)C(C)Oc1ccccc1. The Kier molecular flexibility index (Phi) is 5.73. The largest absolute Gasteiger partial charge is 0.488 e. The predicted molar refractivity (Wildman–Crippen MR) is 68.2 cm³/mol. The zero-order valence-corrected chi connectivity index (χ0v) is 10.4. The van der Waals surface area contributed by atoms with Gasteiger partial charge in [-0.25, -0.2) is 0 Å². The number of rotatable bonds is 7. The molecule has 17 heavy (non-hydrogen) atoms. The van der Waals surface area contributed by atoms with Crippen LogP contribution in [0.15, 0.2) is 42.5 Å². The normalized spacial score (nSPS) is 14.1. The minimum atomic E-state index is -0.644. The minimum Gasteiger partial charge on any atom is -0.488 e.